The maximum atomic E-state index is 11.8. The SMILES string of the molecule is CNC(=O)c1nc(-c2ccccc2)oc1C1CC1. The van der Waals surface area contributed by atoms with Gasteiger partial charge in [0.25, 0.3) is 5.91 Å². The monoisotopic (exact) mass is 242 g/mol. The Morgan fingerprint density at radius 3 is 2.67 bits per heavy atom. The maximum Gasteiger partial charge on any atom is 0.273 e. The zero-order chi connectivity index (χ0) is 12.5. The fraction of sp³-hybridized carbons (Fsp3) is 0.286. The highest BCUT2D eigenvalue weighted by Gasteiger charge is 2.33. The molecule has 4 heteroatoms. The van der Waals surface area contributed by atoms with E-state index in [0.717, 1.165) is 24.2 Å². The summed E-state index contributed by atoms with van der Waals surface area (Å²) in [6.45, 7) is 0. The van der Waals surface area contributed by atoms with Crippen LogP contribution in [0.3, 0.4) is 0 Å². The van der Waals surface area contributed by atoms with E-state index in [9.17, 15) is 4.79 Å². The normalized spacial score (nSPS) is 14.5. The van der Waals surface area contributed by atoms with E-state index in [4.69, 9.17) is 4.42 Å². The van der Waals surface area contributed by atoms with Crippen LogP contribution in [0.5, 0.6) is 0 Å². The summed E-state index contributed by atoms with van der Waals surface area (Å²) in [7, 11) is 1.61. The Morgan fingerprint density at radius 2 is 2.06 bits per heavy atom. The Labute approximate surface area is 105 Å². The van der Waals surface area contributed by atoms with Gasteiger partial charge in [0, 0.05) is 18.5 Å². The molecule has 0 unspecified atom stereocenters. The van der Waals surface area contributed by atoms with Gasteiger partial charge in [0.1, 0.15) is 5.76 Å². The van der Waals surface area contributed by atoms with Gasteiger partial charge < -0.3 is 9.73 Å². The predicted octanol–water partition coefficient (Wildman–Crippen LogP) is 2.58. The molecule has 0 bridgehead atoms. The smallest absolute Gasteiger partial charge is 0.273 e. The van der Waals surface area contributed by atoms with Crippen molar-refractivity contribution in [2.24, 2.45) is 0 Å². The third-order valence-corrected chi connectivity index (χ3v) is 3.06. The standard InChI is InChI=1S/C14H14N2O2/c1-15-13(17)11-12(9-7-8-9)18-14(16-11)10-5-3-2-4-6-10/h2-6,9H,7-8H2,1H3,(H,15,17). The summed E-state index contributed by atoms with van der Waals surface area (Å²) in [6, 6.07) is 9.64. The van der Waals surface area contributed by atoms with Crippen LogP contribution in [-0.4, -0.2) is 17.9 Å². The van der Waals surface area contributed by atoms with E-state index in [1.807, 2.05) is 30.3 Å². The second-order valence-electron chi connectivity index (χ2n) is 4.45. The Morgan fingerprint density at radius 1 is 1.33 bits per heavy atom. The van der Waals surface area contributed by atoms with Gasteiger partial charge in [0.2, 0.25) is 5.89 Å². The minimum Gasteiger partial charge on any atom is -0.440 e. The molecule has 1 fully saturated rings. The Hall–Kier alpha value is -2.10. The zero-order valence-electron chi connectivity index (χ0n) is 10.1. The first kappa shape index (κ1) is 11.0. The van der Waals surface area contributed by atoms with Gasteiger partial charge in [-0.15, -0.1) is 0 Å². The van der Waals surface area contributed by atoms with Crippen molar-refractivity contribution < 1.29 is 9.21 Å². The Balaban J connectivity index is 2.04. The van der Waals surface area contributed by atoms with Crippen LogP contribution >= 0.6 is 0 Å². The lowest BCUT2D eigenvalue weighted by atomic mass is 10.2. The number of nitrogens with one attached hydrogen (secondary N) is 1. The molecule has 92 valence electrons. The summed E-state index contributed by atoms with van der Waals surface area (Å²) >= 11 is 0. The fourth-order valence-corrected chi connectivity index (χ4v) is 1.94. The van der Waals surface area contributed by atoms with Gasteiger partial charge in [-0.05, 0) is 25.0 Å². The molecule has 1 heterocycles. The van der Waals surface area contributed by atoms with Crippen molar-refractivity contribution in [3.05, 3.63) is 41.8 Å². The molecule has 1 aliphatic carbocycles. The molecular weight excluding hydrogens is 228 g/mol. The number of aromatic nitrogens is 1. The Kier molecular flexibility index (Phi) is 2.63. The molecule has 2 aromatic rings. The van der Waals surface area contributed by atoms with E-state index in [0.29, 0.717) is 17.5 Å². The quantitative estimate of drug-likeness (QED) is 0.900. The number of hydrogen-bond acceptors (Lipinski definition) is 3. The van der Waals surface area contributed by atoms with Gasteiger partial charge in [0.15, 0.2) is 5.69 Å². The summed E-state index contributed by atoms with van der Waals surface area (Å²) in [4.78, 5) is 16.1. The summed E-state index contributed by atoms with van der Waals surface area (Å²) < 4.78 is 5.78. The molecule has 0 atom stereocenters. The van der Waals surface area contributed by atoms with Crippen molar-refractivity contribution in [1.29, 1.82) is 0 Å². The van der Waals surface area contributed by atoms with Gasteiger partial charge >= 0.3 is 0 Å². The summed E-state index contributed by atoms with van der Waals surface area (Å²) in [6.07, 6.45) is 2.15. The third kappa shape index (κ3) is 1.90. The molecule has 1 amide bonds. The largest absolute Gasteiger partial charge is 0.440 e. The van der Waals surface area contributed by atoms with Crippen molar-refractivity contribution in [3.63, 3.8) is 0 Å². The highest BCUT2D eigenvalue weighted by Crippen LogP contribution is 2.43. The molecule has 1 N–H and O–H groups in total. The van der Waals surface area contributed by atoms with Crippen molar-refractivity contribution in [3.8, 4) is 11.5 Å². The highest BCUT2D eigenvalue weighted by atomic mass is 16.4. The minimum atomic E-state index is -0.178. The molecule has 1 aliphatic rings. The number of amides is 1. The number of carbonyl (C=O) groups is 1. The molecule has 18 heavy (non-hydrogen) atoms. The maximum absolute atomic E-state index is 11.8. The second-order valence-corrected chi connectivity index (χ2v) is 4.45. The van der Waals surface area contributed by atoms with Crippen molar-refractivity contribution in [1.82, 2.24) is 10.3 Å². The number of benzene rings is 1. The van der Waals surface area contributed by atoms with E-state index >= 15 is 0 Å². The van der Waals surface area contributed by atoms with Crippen LogP contribution in [0.4, 0.5) is 0 Å². The van der Waals surface area contributed by atoms with Gasteiger partial charge in [-0.1, -0.05) is 18.2 Å². The van der Waals surface area contributed by atoms with Crippen LogP contribution in [-0.2, 0) is 0 Å². The minimum absolute atomic E-state index is 0.178. The lowest BCUT2D eigenvalue weighted by Crippen LogP contribution is -2.19. The van der Waals surface area contributed by atoms with E-state index in [2.05, 4.69) is 10.3 Å². The Bertz CT molecular complexity index is 571. The number of rotatable bonds is 3. The fourth-order valence-electron chi connectivity index (χ4n) is 1.94. The molecule has 4 nitrogen and oxygen atoms in total. The van der Waals surface area contributed by atoms with Crippen molar-refractivity contribution in [2.75, 3.05) is 7.05 Å². The van der Waals surface area contributed by atoms with Crippen LogP contribution in [0.1, 0.15) is 35.0 Å². The van der Waals surface area contributed by atoms with Gasteiger partial charge in [-0.2, -0.15) is 0 Å². The summed E-state index contributed by atoms with van der Waals surface area (Å²) in [5.41, 5.74) is 1.33. The molecule has 1 aromatic heterocycles. The number of hydrogen-bond donors (Lipinski definition) is 1. The summed E-state index contributed by atoms with van der Waals surface area (Å²) in [5.74, 6) is 1.44. The first-order valence-electron chi connectivity index (χ1n) is 6.08. The molecule has 0 spiro atoms. The van der Waals surface area contributed by atoms with Gasteiger partial charge in [0.05, 0.1) is 0 Å². The first-order chi connectivity index (χ1) is 8.79. The lowest BCUT2D eigenvalue weighted by Gasteiger charge is -1.95. The number of nitrogens with zero attached hydrogens (tertiary/aromatic N) is 1. The molecule has 1 saturated carbocycles. The van der Waals surface area contributed by atoms with E-state index in [-0.39, 0.29) is 5.91 Å². The van der Waals surface area contributed by atoms with Crippen molar-refractivity contribution >= 4 is 5.91 Å². The topological polar surface area (TPSA) is 55.1 Å². The van der Waals surface area contributed by atoms with E-state index in [1.54, 1.807) is 7.05 Å². The molecule has 0 radical (unpaired) electrons. The second kappa shape index (κ2) is 4.29. The van der Waals surface area contributed by atoms with Crippen LogP contribution in [0.15, 0.2) is 34.7 Å². The average Bonchev–Trinajstić information content (AvgIpc) is 3.18. The van der Waals surface area contributed by atoms with Crippen LogP contribution in [0, 0.1) is 0 Å². The molecule has 3 rings (SSSR count). The summed E-state index contributed by atoms with van der Waals surface area (Å²) in [5, 5.41) is 2.61. The molecule has 0 saturated heterocycles. The lowest BCUT2D eigenvalue weighted by molar-refractivity contribution is 0.0956. The first-order valence-corrected chi connectivity index (χ1v) is 6.08. The molecule has 0 aliphatic heterocycles. The average molecular weight is 242 g/mol. The van der Waals surface area contributed by atoms with Gasteiger partial charge in [-0.25, -0.2) is 4.98 Å². The van der Waals surface area contributed by atoms with E-state index in [1.165, 1.54) is 0 Å². The zero-order valence-corrected chi connectivity index (χ0v) is 10.1. The number of oxazole rings is 1. The number of carbonyl (C=O) groups excluding carboxylic acids is 1. The molecular formula is C14H14N2O2. The van der Waals surface area contributed by atoms with E-state index < -0.39 is 0 Å². The van der Waals surface area contributed by atoms with Crippen LogP contribution in [0.25, 0.3) is 11.5 Å². The van der Waals surface area contributed by atoms with Crippen LogP contribution in [0.2, 0.25) is 0 Å². The van der Waals surface area contributed by atoms with Crippen LogP contribution < -0.4 is 5.32 Å². The predicted molar refractivity (Wildman–Crippen MR) is 67.3 cm³/mol. The third-order valence-electron chi connectivity index (χ3n) is 3.06. The van der Waals surface area contributed by atoms with Crippen molar-refractivity contribution in [2.45, 2.75) is 18.8 Å². The highest BCUT2D eigenvalue weighted by molar-refractivity contribution is 5.93. The van der Waals surface area contributed by atoms with Gasteiger partial charge in [-0.3, -0.25) is 4.79 Å². The molecule has 1 aromatic carbocycles.